The number of pyridine rings is 1. The molecule has 156 valence electrons. The number of nitrogens with zero attached hydrogens (tertiary/aromatic N) is 2. The van der Waals surface area contributed by atoms with E-state index in [9.17, 15) is 9.59 Å². The second kappa shape index (κ2) is 9.21. The molecule has 2 aromatic heterocycles. The highest BCUT2D eigenvalue weighted by atomic mass is 16.6. The lowest BCUT2D eigenvalue weighted by Gasteiger charge is -2.23. The largest absolute Gasteiger partial charge is 0.444 e. The number of alkyl carbamates (subject to hydrolysis) is 1. The summed E-state index contributed by atoms with van der Waals surface area (Å²) in [5, 5.41) is 9.27. The van der Waals surface area contributed by atoms with Gasteiger partial charge in [-0.2, -0.15) is 0 Å². The first-order valence-electron chi connectivity index (χ1n) is 9.51. The van der Waals surface area contributed by atoms with Crippen LogP contribution in [0.3, 0.4) is 0 Å². The predicted octanol–water partition coefficient (Wildman–Crippen LogP) is 3.81. The van der Waals surface area contributed by atoms with Crippen molar-refractivity contribution >= 4 is 17.9 Å². The second-order valence-corrected chi connectivity index (χ2v) is 7.69. The topological polar surface area (TPSA) is 106 Å². The number of hydrogen-bond acceptors (Lipinski definition) is 6. The van der Waals surface area contributed by atoms with Crippen LogP contribution in [-0.2, 0) is 16.0 Å². The summed E-state index contributed by atoms with van der Waals surface area (Å²) in [6, 6.07) is 13.7. The molecule has 2 amide bonds. The Morgan fingerprint density at radius 2 is 1.80 bits per heavy atom. The lowest BCUT2D eigenvalue weighted by atomic mass is 10.1. The summed E-state index contributed by atoms with van der Waals surface area (Å²) in [7, 11) is 0. The van der Waals surface area contributed by atoms with Crippen LogP contribution < -0.4 is 10.6 Å². The van der Waals surface area contributed by atoms with Crippen LogP contribution in [0.25, 0.3) is 11.3 Å². The first-order valence-corrected chi connectivity index (χ1v) is 9.51. The van der Waals surface area contributed by atoms with Gasteiger partial charge in [-0.3, -0.25) is 15.1 Å². The molecular formula is C22H24N4O4. The van der Waals surface area contributed by atoms with Crippen molar-refractivity contribution in [2.75, 3.05) is 5.32 Å². The number of carbonyl (C=O) groups is 2. The summed E-state index contributed by atoms with van der Waals surface area (Å²) in [4.78, 5) is 29.1. The molecule has 8 heteroatoms. The molecule has 2 heterocycles. The average Bonchev–Trinajstić information content (AvgIpc) is 3.16. The summed E-state index contributed by atoms with van der Waals surface area (Å²) in [6.07, 6.45) is 2.90. The molecule has 0 aliphatic carbocycles. The van der Waals surface area contributed by atoms with Crippen molar-refractivity contribution in [3.63, 3.8) is 0 Å². The maximum atomic E-state index is 12.9. The molecule has 3 aromatic rings. The molecule has 1 aromatic carbocycles. The van der Waals surface area contributed by atoms with Gasteiger partial charge in [-0.15, -0.1) is 0 Å². The smallest absolute Gasteiger partial charge is 0.408 e. The summed E-state index contributed by atoms with van der Waals surface area (Å²) in [6.45, 7) is 5.27. The van der Waals surface area contributed by atoms with Crippen LogP contribution in [0.2, 0.25) is 0 Å². The van der Waals surface area contributed by atoms with E-state index >= 15 is 0 Å². The monoisotopic (exact) mass is 408 g/mol. The molecular weight excluding hydrogens is 384 g/mol. The Kier molecular flexibility index (Phi) is 6.46. The molecule has 1 atom stereocenters. The molecule has 2 N–H and O–H groups in total. The molecule has 0 spiro atoms. The van der Waals surface area contributed by atoms with E-state index in [0.717, 1.165) is 11.1 Å². The second-order valence-electron chi connectivity index (χ2n) is 7.69. The molecule has 30 heavy (non-hydrogen) atoms. The van der Waals surface area contributed by atoms with Gasteiger partial charge < -0.3 is 14.6 Å². The number of amides is 2. The van der Waals surface area contributed by atoms with Gasteiger partial charge in [-0.05, 0) is 38.5 Å². The van der Waals surface area contributed by atoms with E-state index in [2.05, 4.69) is 20.8 Å². The van der Waals surface area contributed by atoms with Gasteiger partial charge in [0, 0.05) is 30.4 Å². The van der Waals surface area contributed by atoms with Crippen LogP contribution in [0.4, 0.5) is 10.7 Å². The number of aromatic nitrogens is 2. The molecule has 0 bridgehead atoms. The molecule has 0 aliphatic rings. The third kappa shape index (κ3) is 6.16. The molecule has 0 saturated carbocycles. The van der Waals surface area contributed by atoms with Crippen LogP contribution in [0, 0.1) is 0 Å². The van der Waals surface area contributed by atoms with E-state index in [1.807, 2.05) is 30.3 Å². The highest BCUT2D eigenvalue weighted by molar-refractivity contribution is 5.96. The van der Waals surface area contributed by atoms with E-state index in [1.165, 1.54) is 0 Å². The van der Waals surface area contributed by atoms with Gasteiger partial charge in [-0.25, -0.2) is 4.79 Å². The maximum absolute atomic E-state index is 12.9. The van der Waals surface area contributed by atoms with Gasteiger partial charge in [0.15, 0.2) is 0 Å². The minimum atomic E-state index is -0.864. The van der Waals surface area contributed by atoms with Crippen molar-refractivity contribution in [1.29, 1.82) is 0 Å². The van der Waals surface area contributed by atoms with Crippen molar-refractivity contribution in [3.05, 3.63) is 66.5 Å². The SMILES string of the molecule is CC(C)(C)OC(=O)N[C@@H](Cc1ccccc1)C(=O)Nc1cc(-c2ccncc2)no1. The van der Waals surface area contributed by atoms with Crippen molar-refractivity contribution in [2.45, 2.75) is 38.8 Å². The van der Waals surface area contributed by atoms with E-state index < -0.39 is 23.6 Å². The minimum Gasteiger partial charge on any atom is -0.444 e. The summed E-state index contributed by atoms with van der Waals surface area (Å²) in [5.74, 6) is -0.266. The number of carbonyl (C=O) groups excluding carboxylic acids is 2. The van der Waals surface area contributed by atoms with Crippen LogP contribution >= 0.6 is 0 Å². The van der Waals surface area contributed by atoms with E-state index in [4.69, 9.17) is 9.26 Å². The molecule has 0 unspecified atom stereocenters. The van der Waals surface area contributed by atoms with Crippen LogP contribution in [-0.4, -0.2) is 33.8 Å². The number of nitrogens with one attached hydrogen (secondary N) is 2. The molecule has 0 radical (unpaired) electrons. The van der Waals surface area contributed by atoms with Gasteiger partial charge in [0.05, 0.1) is 0 Å². The third-order valence-corrected chi connectivity index (χ3v) is 4.02. The van der Waals surface area contributed by atoms with Crippen LogP contribution in [0.5, 0.6) is 0 Å². The van der Waals surface area contributed by atoms with Gasteiger partial charge >= 0.3 is 6.09 Å². The molecule has 8 nitrogen and oxygen atoms in total. The number of ether oxygens (including phenoxy) is 1. The van der Waals surface area contributed by atoms with Crippen LogP contribution in [0.1, 0.15) is 26.3 Å². The summed E-state index contributed by atoms with van der Waals surface area (Å²) < 4.78 is 10.5. The average molecular weight is 408 g/mol. The fourth-order valence-corrected chi connectivity index (χ4v) is 2.71. The normalized spacial score (nSPS) is 12.1. The fourth-order valence-electron chi connectivity index (χ4n) is 2.71. The Labute approximate surface area is 174 Å². The minimum absolute atomic E-state index is 0.177. The molecule has 0 saturated heterocycles. The van der Waals surface area contributed by atoms with Crippen LogP contribution in [0.15, 0.2) is 65.4 Å². The Balaban J connectivity index is 1.72. The predicted molar refractivity (Wildman–Crippen MR) is 112 cm³/mol. The first kappa shape index (κ1) is 21.0. The standard InChI is InChI=1S/C22H24N4O4/c1-22(2,3)29-21(28)24-18(13-15-7-5-4-6-8-15)20(27)25-19-14-17(26-30-19)16-9-11-23-12-10-16/h4-12,14,18H,13H2,1-3H3,(H,24,28)(H,25,27)/t18-/m0/s1. The third-order valence-electron chi connectivity index (χ3n) is 4.02. The zero-order chi connectivity index (χ0) is 21.6. The van der Waals surface area contributed by atoms with Crippen molar-refractivity contribution in [3.8, 4) is 11.3 Å². The molecule has 0 fully saturated rings. The zero-order valence-electron chi connectivity index (χ0n) is 17.1. The lowest BCUT2D eigenvalue weighted by Crippen LogP contribution is -2.47. The summed E-state index contributed by atoms with van der Waals surface area (Å²) >= 11 is 0. The molecule has 3 rings (SSSR count). The van der Waals surface area contributed by atoms with Gasteiger partial charge in [0.2, 0.25) is 11.8 Å². The highest BCUT2D eigenvalue weighted by Gasteiger charge is 2.25. The lowest BCUT2D eigenvalue weighted by molar-refractivity contribution is -0.118. The Morgan fingerprint density at radius 3 is 2.47 bits per heavy atom. The summed E-state index contributed by atoms with van der Waals surface area (Å²) in [5.41, 5.74) is 1.58. The quantitative estimate of drug-likeness (QED) is 0.642. The Bertz CT molecular complexity index is 981. The maximum Gasteiger partial charge on any atom is 0.408 e. The zero-order valence-corrected chi connectivity index (χ0v) is 17.1. The number of hydrogen-bond donors (Lipinski definition) is 2. The number of benzene rings is 1. The number of rotatable bonds is 6. The highest BCUT2D eigenvalue weighted by Crippen LogP contribution is 2.21. The van der Waals surface area contributed by atoms with Gasteiger partial charge in [-0.1, -0.05) is 35.5 Å². The number of anilines is 1. The van der Waals surface area contributed by atoms with E-state index in [0.29, 0.717) is 5.69 Å². The van der Waals surface area contributed by atoms with Crippen molar-refractivity contribution < 1.29 is 18.8 Å². The van der Waals surface area contributed by atoms with Crippen molar-refractivity contribution in [2.24, 2.45) is 0 Å². The first-order chi connectivity index (χ1) is 14.3. The fraction of sp³-hybridized carbons (Fsp3) is 0.273. The van der Waals surface area contributed by atoms with Crippen molar-refractivity contribution in [1.82, 2.24) is 15.5 Å². The van der Waals surface area contributed by atoms with E-state index in [1.54, 1.807) is 51.4 Å². The Hall–Kier alpha value is -3.68. The van der Waals surface area contributed by atoms with Gasteiger partial charge in [0.25, 0.3) is 0 Å². The Morgan fingerprint density at radius 1 is 1.10 bits per heavy atom. The van der Waals surface area contributed by atoms with Gasteiger partial charge in [0.1, 0.15) is 17.3 Å². The van der Waals surface area contributed by atoms with E-state index in [-0.39, 0.29) is 12.3 Å². The molecule has 0 aliphatic heterocycles.